The third-order valence-electron chi connectivity index (χ3n) is 3.56. The van der Waals surface area contributed by atoms with E-state index in [9.17, 15) is 0 Å². The molecule has 0 aromatic carbocycles. The standard InChI is InChI=1S/C12H25NO/c1-4-9-13-11(10-14-3)12(2)7-5-6-8-12/h11,13H,4-10H2,1-3H3. The molecule has 0 aromatic heterocycles. The van der Waals surface area contributed by atoms with Crippen LogP contribution in [0.3, 0.4) is 0 Å². The summed E-state index contributed by atoms with van der Waals surface area (Å²) in [7, 11) is 1.80. The third kappa shape index (κ3) is 2.96. The second kappa shape index (κ2) is 5.72. The van der Waals surface area contributed by atoms with Crippen LogP contribution in [0.2, 0.25) is 0 Å². The van der Waals surface area contributed by atoms with Gasteiger partial charge in [-0.15, -0.1) is 0 Å². The maximum atomic E-state index is 5.32. The Kier molecular flexibility index (Phi) is 4.90. The van der Waals surface area contributed by atoms with Gasteiger partial charge in [0.1, 0.15) is 0 Å². The molecule has 14 heavy (non-hydrogen) atoms. The number of rotatable bonds is 6. The summed E-state index contributed by atoms with van der Waals surface area (Å²) in [4.78, 5) is 0. The minimum atomic E-state index is 0.477. The van der Waals surface area contributed by atoms with Gasteiger partial charge in [0.2, 0.25) is 0 Å². The Morgan fingerprint density at radius 1 is 1.36 bits per heavy atom. The molecule has 0 radical (unpaired) electrons. The van der Waals surface area contributed by atoms with Gasteiger partial charge in [0.25, 0.3) is 0 Å². The minimum absolute atomic E-state index is 0.477. The lowest BCUT2D eigenvalue weighted by Crippen LogP contribution is -2.45. The molecule has 0 aromatic rings. The first kappa shape index (κ1) is 12.0. The second-order valence-electron chi connectivity index (χ2n) is 4.82. The van der Waals surface area contributed by atoms with Crippen LogP contribution >= 0.6 is 0 Å². The molecule has 0 aliphatic heterocycles. The largest absolute Gasteiger partial charge is 0.383 e. The summed E-state index contributed by atoms with van der Waals surface area (Å²) in [6, 6.07) is 0.551. The molecule has 1 aliphatic rings. The highest BCUT2D eigenvalue weighted by atomic mass is 16.5. The number of methoxy groups -OCH3 is 1. The van der Waals surface area contributed by atoms with Gasteiger partial charge in [-0.3, -0.25) is 0 Å². The van der Waals surface area contributed by atoms with Gasteiger partial charge in [-0.1, -0.05) is 26.7 Å². The molecule has 84 valence electrons. The minimum Gasteiger partial charge on any atom is -0.383 e. The predicted octanol–water partition coefficient (Wildman–Crippen LogP) is 2.58. The topological polar surface area (TPSA) is 21.3 Å². The quantitative estimate of drug-likeness (QED) is 0.710. The van der Waals surface area contributed by atoms with E-state index in [1.54, 1.807) is 7.11 Å². The van der Waals surface area contributed by atoms with Gasteiger partial charge in [0.15, 0.2) is 0 Å². The van der Waals surface area contributed by atoms with E-state index >= 15 is 0 Å². The SMILES string of the molecule is CCCNC(COC)C1(C)CCCC1. The third-order valence-corrected chi connectivity index (χ3v) is 3.56. The Hall–Kier alpha value is -0.0800. The lowest BCUT2D eigenvalue weighted by Gasteiger charge is -2.34. The van der Waals surface area contributed by atoms with Crippen LogP contribution in [0.4, 0.5) is 0 Å². The van der Waals surface area contributed by atoms with Crippen molar-refractivity contribution in [3.05, 3.63) is 0 Å². The Morgan fingerprint density at radius 2 is 2.00 bits per heavy atom. The number of nitrogens with one attached hydrogen (secondary N) is 1. The number of ether oxygens (including phenoxy) is 1. The van der Waals surface area contributed by atoms with Gasteiger partial charge in [0.05, 0.1) is 6.61 Å². The fourth-order valence-corrected chi connectivity index (χ4v) is 2.52. The summed E-state index contributed by atoms with van der Waals surface area (Å²) >= 11 is 0. The molecule has 0 spiro atoms. The highest BCUT2D eigenvalue weighted by Gasteiger charge is 2.36. The monoisotopic (exact) mass is 199 g/mol. The van der Waals surface area contributed by atoms with Crippen molar-refractivity contribution in [3.63, 3.8) is 0 Å². The van der Waals surface area contributed by atoms with Gasteiger partial charge in [0, 0.05) is 13.2 Å². The van der Waals surface area contributed by atoms with Gasteiger partial charge in [-0.2, -0.15) is 0 Å². The van der Waals surface area contributed by atoms with Crippen LogP contribution in [0.5, 0.6) is 0 Å². The molecule has 1 N–H and O–H groups in total. The highest BCUT2D eigenvalue weighted by Crippen LogP contribution is 2.40. The van der Waals surface area contributed by atoms with E-state index < -0.39 is 0 Å². The zero-order chi connectivity index (χ0) is 10.4. The van der Waals surface area contributed by atoms with Crippen LogP contribution in [0.1, 0.15) is 46.0 Å². The fraction of sp³-hybridized carbons (Fsp3) is 1.00. The maximum Gasteiger partial charge on any atom is 0.0621 e. The van der Waals surface area contributed by atoms with E-state index in [1.807, 2.05) is 0 Å². The Balaban J connectivity index is 2.46. The molecule has 1 saturated carbocycles. The van der Waals surface area contributed by atoms with Gasteiger partial charge >= 0.3 is 0 Å². The average molecular weight is 199 g/mol. The molecular formula is C12H25NO. The molecule has 2 nitrogen and oxygen atoms in total. The van der Waals surface area contributed by atoms with E-state index in [0.29, 0.717) is 11.5 Å². The molecule has 0 saturated heterocycles. The highest BCUT2D eigenvalue weighted by molar-refractivity contribution is 4.91. The summed E-state index contributed by atoms with van der Waals surface area (Å²) in [6.07, 6.45) is 6.71. The van der Waals surface area contributed by atoms with E-state index in [2.05, 4.69) is 19.2 Å². The van der Waals surface area contributed by atoms with E-state index in [0.717, 1.165) is 13.2 Å². The zero-order valence-corrected chi connectivity index (χ0v) is 9.94. The van der Waals surface area contributed by atoms with Gasteiger partial charge < -0.3 is 10.1 Å². The molecule has 0 heterocycles. The molecule has 0 amide bonds. The van der Waals surface area contributed by atoms with Crippen molar-refractivity contribution >= 4 is 0 Å². The first-order valence-electron chi connectivity index (χ1n) is 5.95. The molecule has 1 atom stereocenters. The van der Waals surface area contributed by atoms with Crippen molar-refractivity contribution in [2.24, 2.45) is 5.41 Å². The summed E-state index contributed by atoms with van der Waals surface area (Å²) in [6.45, 7) is 6.60. The van der Waals surface area contributed by atoms with Crippen molar-refractivity contribution in [1.29, 1.82) is 0 Å². The summed E-state index contributed by atoms with van der Waals surface area (Å²) in [5, 5.41) is 3.63. The van der Waals surface area contributed by atoms with Crippen LogP contribution < -0.4 is 5.32 Å². The van der Waals surface area contributed by atoms with E-state index in [1.165, 1.54) is 32.1 Å². The number of hydrogen-bond acceptors (Lipinski definition) is 2. The smallest absolute Gasteiger partial charge is 0.0621 e. The lowest BCUT2D eigenvalue weighted by atomic mass is 9.81. The van der Waals surface area contributed by atoms with Crippen molar-refractivity contribution in [1.82, 2.24) is 5.32 Å². The Morgan fingerprint density at radius 3 is 2.50 bits per heavy atom. The zero-order valence-electron chi connectivity index (χ0n) is 9.94. The number of hydrogen-bond donors (Lipinski definition) is 1. The summed E-state index contributed by atoms with van der Waals surface area (Å²) in [5.41, 5.74) is 0.477. The van der Waals surface area contributed by atoms with Crippen LogP contribution in [0, 0.1) is 5.41 Å². The fourth-order valence-electron chi connectivity index (χ4n) is 2.52. The van der Waals surface area contributed by atoms with Crippen LogP contribution in [-0.4, -0.2) is 26.3 Å². The lowest BCUT2D eigenvalue weighted by molar-refractivity contribution is 0.0989. The first-order valence-corrected chi connectivity index (χ1v) is 5.95. The predicted molar refractivity (Wildman–Crippen MR) is 60.5 cm³/mol. The summed E-state index contributed by atoms with van der Waals surface area (Å²) in [5.74, 6) is 0. The van der Waals surface area contributed by atoms with Crippen LogP contribution in [0.15, 0.2) is 0 Å². The van der Waals surface area contributed by atoms with E-state index in [-0.39, 0.29) is 0 Å². The maximum absolute atomic E-state index is 5.32. The van der Waals surface area contributed by atoms with Gasteiger partial charge in [-0.25, -0.2) is 0 Å². The van der Waals surface area contributed by atoms with Crippen LogP contribution in [0.25, 0.3) is 0 Å². The first-order chi connectivity index (χ1) is 6.73. The summed E-state index contributed by atoms with van der Waals surface area (Å²) < 4.78 is 5.32. The molecule has 1 unspecified atom stereocenters. The molecule has 2 heteroatoms. The molecule has 1 fully saturated rings. The molecular weight excluding hydrogens is 174 g/mol. The normalized spacial score (nSPS) is 22.5. The van der Waals surface area contributed by atoms with Crippen LogP contribution in [-0.2, 0) is 4.74 Å². The molecule has 0 bridgehead atoms. The average Bonchev–Trinajstić information content (AvgIpc) is 2.60. The van der Waals surface area contributed by atoms with Crippen molar-refractivity contribution < 1.29 is 4.74 Å². The van der Waals surface area contributed by atoms with Crippen molar-refractivity contribution in [2.45, 2.75) is 52.0 Å². The molecule has 1 rings (SSSR count). The second-order valence-corrected chi connectivity index (χ2v) is 4.82. The Labute approximate surface area is 88.4 Å². The molecule has 1 aliphatic carbocycles. The Bertz CT molecular complexity index is 152. The van der Waals surface area contributed by atoms with Gasteiger partial charge in [-0.05, 0) is 31.2 Å². The van der Waals surface area contributed by atoms with Crippen molar-refractivity contribution in [3.8, 4) is 0 Å². The van der Waals surface area contributed by atoms with E-state index in [4.69, 9.17) is 4.74 Å². The van der Waals surface area contributed by atoms with Crippen molar-refractivity contribution in [2.75, 3.05) is 20.3 Å².